The first kappa shape index (κ1) is 22.7. The zero-order chi connectivity index (χ0) is 22.9. The largest absolute Gasteiger partial charge is 0.454 e. The number of sulfonamides is 1. The van der Waals surface area contributed by atoms with Gasteiger partial charge in [0.25, 0.3) is 0 Å². The van der Waals surface area contributed by atoms with E-state index in [-0.39, 0.29) is 10.6 Å². The predicted octanol–water partition coefficient (Wildman–Crippen LogP) is 3.57. The third kappa shape index (κ3) is 4.84. The predicted molar refractivity (Wildman–Crippen MR) is 113 cm³/mol. The van der Waals surface area contributed by atoms with Crippen molar-refractivity contribution >= 4 is 33.4 Å². The summed E-state index contributed by atoms with van der Waals surface area (Å²) in [5.41, 5.74) is 2.02. The van der Waals surface area contributed by atoms with Gasteiger partial charge in [-0.05, 0) is 56.3 Å². The second-order valence-corrected chi connectivity index (χ2v) is 8.73. The normalized spacial score (nSPS) is 11.4. The number of hydrogen-bond donors (Lipinski definition) is 1. The summed E-state index contributed by atoms with van der Waals surface area (Å²) in [6, 6.07) is 11.0. The minimum Gasteiger partial charge on any atom is -0.454 e. The molecular formula is C21H18ClFN2O5S. The van der Waals surface area contributed by atoms with E-state index in [0.717, 1.165) is 6.07 Å². The first-order valence-corrected chi connectivity index (χ1v) is 10.9. The molecule has 2 N–H and O–H groups in total. The van der Waals surface area contributed by atoms with E-state index in [9.17, 15) is 22.4 Å². The van der Waals surface area contributed by atoms with Crippen LogP contribution in [0.25, 0.3) is 5.69 Å². The van der Waals surface area contributed by atoms with Crippen molar-refractivity contribution in [3.63, 3.8) is 0 Å². The Morgan fingerprint density at radius 2 is 1.84 bits per heavy atom. The highest BCUT2D eigenvalue weighted by atomic mass is 35.5. The number of Topliss-reactive ketones (excluding diaryl/α,β-unsaturated/α-hetero) is 1. The Morgan fingerprint density at radius 3 is 2.48 bits per heavy atom. The van der Waals surface area contributed by atoms with Crippen LogP contribution in [0, 0.1) is 19.7 Å². The van der Waals surface area contributed by atoms with Crippen LogP contribution in [0.3, 0.4) is 0 Å². The molecule has 0 saturated heterocycles. The number of aromatic nitrogens is 1. The van der Waals surface area contributed by atoms with Crippen LogP contribution in [0.2, 0.25) is 5.02 Å². The van der Waals surface area contributed by atoms with Gasteiger partial charge in [0, 0.05) is 22.6 Å². The molecule has 0 aliphatic rings. The summed E-state index contributed by atoms with van der Waals surface area (Å²) >= 11 is 5.80. The molecule has 2 aromatic carbocycles. The van der Waals surface area contributed by atoms with Gasteiger partial charge in [0.05, 0.1) is 10.6 Å². The van der Waals surface area contributed by atoms with Crippen LogP contribution in [-0.2, 0) is 14.8 Å². The van der Waals surface area contributed by atoms with Crippen molar-refractivity contribution in [2.45, 2.75) is 18.7 Å². The fraction of sp³-hybridized carbons (Fsp3) is 0.143. The molecule has 0 fully saturated rings. The van der Waals surface area contributed by atoms with Crippen molar-refractivity contribution in [2.75, 3.05) is 6.61 Å². The average Bonchev–Trinajstić information content (AvgIpc) is 2.99. The summed E-state index contributed by atoms with van der Waals surface area (Å²) in [6.07, 6.45) is 0. The SMILES string of the molecule is Cc1cc(C(=O)COC(=O)c2ccc(Cl)c(S(N)(=O)=O)c2)c(C)n1-c1cccc(F)c1. The zero-order valence-electron chi connectivity index (χ0n) is 16.6. The Balaban J connectivity index is 1.79. The number of nitrogens with zero attached hydrogens (tertiary/aromatic N) is 1. The smallest absolute Gasteiger partial charge is 0.338 e. The highest BCUT2D eigenvalue weighted by Crippen LogP contribution is 2.23. The van der Waals surface area contributed by atoms with Gasteiger partial charge in [-0.25, -0.2) is 22.7 Å². The summed E-state index contributed by atoms with van der Waals surface area (Å²) < 4.78 is 43.5. The minimum absolute atomic E-state index is 0.119. The standard InChI is InChI=1S/C21H18ClFN2O5S/c1-12-8-17(13(2)25(12)16-5-3-4-15(23)10-16)19(26)11-30-21(27)14-6-7-18(22)20(9-14)31(24,28)29/h3-10H,11H2,1-2H3,(H2,24,28,29). The molecule has 0 atom stereocenters. The van der Waals surface area contributed by atoms with Crippen molar-refractivity contribution < 1.29 is 27.1 Å². The third-order valence-corrected chi connectivity index (χ3v) is 6.00. The molecule has 0 bridgehead atoms. The maximum absolute atomic E-state index is 13.6. The summed E-state index contributed by atoms with van der Waals surface area (Å²) in [7, 11) is -4.14. The Hall–Kier alpha value is -3.01. The van der Waals surface area contributed by atoms with Crippen molar-refractivity contribution in [1.29, 1.82) is 0 Å². The molecule has 0 saturated carbocycles. The number of halogens is 2. The van der Waals surface area contributed by atoms with E-state index in [4.69, 9.17) is 21.5 Å². The molecule has 3 rings (SSSR count). The summed E-state index contributed by atoms with van der Waals surface area (Å²) in [5.74, 6) is -1.78. The average molecular weight is 465 g/mol. The molecule has 162 valence electrons. The van der Waals surface area contributed by atoms with Crippen LogP contribution in [0.4, 0.5) is 4.39 Å². The quantitative estimate of drug-likeness (QED) is 0.443. The molecule has 3 aromatic rings. The van der Waals surface area contributed by atoms with Crippen molar-refractivity contribution in [1.82, 2.24) is 4.57 Å². The number of rotatable bonds is 6. The second-order valence-electron chi connectivity index (χ2n) is 6.79. The highest BCUT2D eigenvalue weighted by molar-refractivity contribution is 7.89. The fourth-order valence-electron chi connectivity index (χ4n) is 3.20. The maximum atomic E-state index is 13.6. The number of carbonyl (C=O) groups excluding carboxylic acids is 2. The third-order valence-electron chi connectivity index (χ3n) is 4.61. The number of ether oxygens (including phenoxy) is 1. The van der Waals surface area contributed by atoms with Crippen LogP contribution < -0.4 is 5.14 Å². The van der Waals surface area contributed by atoms with Crippen LogP contribution in [0.15, 0.2) is 53.4 Å². The van der Waals surface area contributed by atoms with E-state index in [2.05, 4.69) is 0 Å². The van der Waals surface area contributed by atoms with Gasteiger partial charge in [-0.15, -0.1) is 0 Å². The van der Waals surface area contributed by atoms with Gasteiger partial charge in [-0.1, -0.05) is 17.7 Å². The van der Waals surface area contributed by atoms with E-state index in [0.29, 0.717) is 22.6 Å². The molecule has 0 aliphatic heterocycles. The number of carbonyl (C=O) groups is 2. The van der Waals surface area contributed by atoms with E-state index in [1.54, 1.807) is 36.6 Å². The van der Waals surface area contributed by atoms with Gasteiger partial charge >= 0.3 is 5.97 Å². The molecule has 7 nitrogen and oxygen atoms in total. The first-order valence-electron chi connectivity index (χ1n) is 8.96. The number of esters is 1. The highest BCUT2D eigenvalue weighted by Gasteiger charge is 2.21. The van der Waals surface area contributed by atoms with Gasteiger partial charge in [0.15, 0.2) is 6.61 Å². The van der Waals surface area contributed by atoms with E-state index in [1.165, 1.54) is 24.3 Å². The van der Waals surface area contributed by atoms with Crippen LogP contribution in [-0.4, -0.2) is 31.3 Å². The number of primary sulfonamides is 1. The lowest BCUT2D eigenvalue weighted by molar-refractivity contribution is 0.0474. The van der Waals surface area contributed by atoms with Gasteiger partial charge in [0.1, 0.15) is 10.7 Å². The van der Waals surface area contributed by atoms with Crippen LogP contribution in [0.1, 0.15) is 32.1 Å². The van der Waals surface area contributed by atoms with Gasteiger partial charge in [-0.3, -0.25) is 4.79 Å². The van der Waals surface area contributed by atoms with E-state index >= 15 is 0 Å². The number of ketones is 1. The Labute approximate surface area is 183 Å². The van der Waals surface area contributed by atoms with Crippen molar-refractivity contribution in [3.8, 4) is 5.69 Å². The zero-order valence-corrected chi connectivity index (χ0v) is 18.1. The van der Waals surface area contributed by atoms with Crippen molar-refractivity contribution in [3.05, 3.63) is 81.9 Å². The van der Waals surface area contributed by atoms with Crippen LogP contribution >= 0.6 is 11.6 Å². The lowest BCUT2D eigenvalue weighted by Crippen LogP contribution is -2.17. The van der Waals surface area contributed by atoms with E-state index < -0.39 is 39.1 Å². The second kappa shape index (κ2) is 8.62. The molecule has 0 amide bonds. The van der Waals surface area contributed by atoms with E-state index in [1.807, 2.05) is 0 Å². The van der Waals surface area contributed by atoms with Crippen molar-refractivity contribution in [2.24, 2.45) is 5.14 Å². The molecule has 1 heterocycles. The fourth-order valence-corrected chi connectivity index (χ4v) is 4.27. The summed E-state index contributed by atoms with van der Waals surface area (Å²) in [4.78, 5) is 24.5. The summed E-state index contributed by atoms with van der Waals surface area (Å²) in [6.45, 7) is 2.90. The Kier molecular flexibility index (Phi) is 6.30. The molecule has 0 radical (unpaired) electrons. The lowest BCUT2D eigenvalue weighted by atomic mass is 10.1. The Morgan fingerprint density at radius 1 is 1.13 bits per heavy atom. The number of nitrogens with two attached hydrogens (primary N) is 1. The monoisotopic (exact) mass is 464 g/mol. The topological polar surface area (TPSA) is 108 Å². The molecule has 0 aliphatic carbocycles. The molecular weight excluding hydrogens is 447 g/mol. The number of benzene rings is 2. The van der Waals surface area contributed by atoms with Gasteiger partial charge in [-0.2, -0.15) is 0 Å². The molecule has 10 heteroatoms. The molecule has 31 heavy (non-hydrogen) atoms. The van der Waals surface area contributed by atoms with Gasteiger partial charge in [0.2, 0.25) is 15.8 Å². The molecule has 0 spiro atoms. The molecule has 1 aromatic heterocycles. The Bertz CT molecular complexity index is 1300. The van der Waals surface area contributed by atoms with Gasteiger partial charge < -0.3 is 9.30 Å². The number of hydrogen-bond acceptors (Lipinski definition) is 5. The first-order chi connectivity index (χ1) is 14.5. The lowest BCUT2D eigenvalue weighted by Gasteiger charge is -2.10. The molecule has 0 unspecified atom stereocenters. The van der Waals surface area contributed by atoms with Crippen LogP contribution in [0.5, 0.6) is 0 Å². The minimum atomic E-state index is -4.14. The maximum Gasteiger partial charge on any atom is 0.338 e. The summed E-state index contributed by atoms with van der Waals surface area (Å²) in [5, 5.41) is 4.93. The number of aryl methyl sites for hydroxylation is 1.